The highest BCUT2D eigenvalue weighted by atomic mass is 32.1. The van der Waals surface area contributed by atoms with E-state index in [2.05, 4.69) is 15.2 Å². The second kappa shape index (κ2) is 10.8. The first kappa shape index (κ1) is 25.5. The first-order chi connectivity index (χ1) is 19.5. The molecule has 1 fully saturated rings. The predicted octanol–water partition coefficient (Wildman–Crippen LogP) is 4.62. The molecular formula is C28H21FN6O4S. The Kier molecular flexibility index (Phi) is 6.90. The Balaban J connectivity index is 1.18. The highest BCUT2D eigenvalue weighted by Gasteiger charge is 2.24. The van der Waals surface area contributed by atoms with Crippen LogP contribution < -0.4 is 4.74 Å². The summed E-state index contributed by atoms with van der Waals surface area (Å²) < 4.78 is 27.5. The fourth-order valence-corrected chi connectivity index (χ4v) is 5.21. The molecule has 1 saturated heterocycles. The summed E-state index contributed by atoms with van der Waals surface area (Å²) in [6, 6.07) is 16.6. The van der Waals surface area contributed by atoms with Crippen molar-refractivity contribution in [1.29, 1.82) is 5.26 Å². The van der Waals surface area contributed by atoms with Gasteiger partial charge in [0.25, 0.3) is 0 Å². The van der Waals surface area contributed by atoms with Crippen molar-refractivity contribution in [3.8, 4) is 23.3 Å². The van der Waals surface area contributed by atoms with Crippen LogP contribution in [0.1, 0.15) is 38.7 Å². The summed E-state index contributed by atoms with van der Waals surface area (Å²) in [4.78, 5) is 21.5. The molecule has 5 aromatic rings. The molecule has 0 radical (unpaired) electrons. The number of fused-ring (bicyclic) bond motifs is 1. The quantitative estimate of drug-likeness (QED) is 0.276. The number of carboxylic acids is 1. The predicted molar refractivity (Wildman–Crippen MR) is 142 cm³/mol. The van der Waals surface area contributed by atoms with Gasteiger partial charge in [0.2, 0.25) is 5.88 Å². The zero-order valence-electron chi connectivity index (χ0n) is 21.0. The van der Waals surface area contributed by atoms with Crippen LogP contribution in [0.2, 0.25) is 0 Å². The number of nitrogens with zero attached hydrogens (tertiary/aromatic N) is 6. The summed E-state index contributed by atoms with van der Waals surface area (Å²) in [5.41, 5.74) is 3.11. The molecule has 5 heterocycles. The Labute approximate surface area is 231 Å². The first-order valence-electron chi connectivity index (χ1n) is 12.4. The molecule has 4 aromatic heterocycles. The van der Waals surface area contributed by atoms with Gasteiger partial charge in [-0.1, -0.05) is 12.1 Å². The summed E-state index contributed by atoms with van der Waals surface area (Å²) in [6.45, 7) is 1.28. The van der Waals surface area contributed by atoms with Crippen LogP contribution in [-0.4, -0.2) is 48.5 Å². The second-order valence-corrected chi connectivity index (χ2v) is 10.2. The number of pyridine rings is 1. The van der Waals surface area contributed by atoms with E-state index in [0.29, 0.717) is 46.3 Å². The molecule has 1 aromatic carbocycles. The zero-order chi connectivity index (χ0) is 27.6. The smallest absolute Gasteiger partial charge is 0.346 e. The maximum Gasteiger partial charge on any atom is 0.346 e. The number of hydrogen-bond donors (Lipinski definition) is 1. The molecule has 0 amide bonds. The fourth-order valence-electron chi connectivity index (χ4n) is 4.31. The maximum absolute atomic E-state index is 14.2. The number of nitriles is 1. The van der Waals surface area contributed by atoms with Crippen LogP contribution in [0.4, 0.5) is 4.39 Å². The highest BCUT2D eigenvalue weighted by Crippen LogP contribution is 2.29. The second-order valence-electron chi connectivity index (χ2n) is 9.18. The van der Waals surface area contributed by atoms with Crippen LogP contribution in [0.15, 0.2) is 54.6 Å². The number of carboxylic acid groups (broad SMARTS) is 1. The average Bonchev–Trinajstić information content (AvgIpc) is 3.49. The van der Waals surface area contributed by atoms with E-state index in [-0.39, 0.29) is 23.2 Å². The van der Waals surface area contributed by atoms with E-state index in [1.54, 1.807) is 24.3 Å². The van der Waals surface area contributed by atoms with Crippen molar-refractivity contribution < 1.29 is 23.8 Å². The number of aromatic carboxylic acids is 1. The monoisotopic (exact) mass is 556 g/mol. The van der Waals surface area contributed by atoms with E-state index in [9.17, 15) is 14.3 Å². The van der Waals surface area contributed by atoms with Gasteiger partial charge in [0.1, 0.15) is 33.6 Å². The molecule has 1 N–H and O–H groups in total. The number of hydrogen-bond acceptors (Lipinski definition) is 9. The fraction of sp³-hybridized carbons (Fsp3) is 0.214. The maximum atomic E-state index is 14.2. The third-order valence-corrected chi connectivity index (χ3v) is 7.53. The number of rotatable bonds is 9. The zero-order valence-corrected chi connectivity index (χ0v) is 21.8. The Morgan fingerprint density at radius 3 is 2.75 bits per heavy atom. The van der Waals surface area contributed by atoms with Gasteiger partial charge in [-0.3, -0.25) is 0 Å². The van der Waals surface area contributed by atoms with Gasteiger partial charge in [0.15, 0.2) is 0 Å². The van der Waals surface area contributed by atoms with Crippen LogP contribution in [0, 0.1) is 17.1 Å². The third kappa shape index (κ3) is 5.25. The standard InChI is InChI=1S/C28H21FN6O4S/c29-20-10-16(13-30)4-5-17(20)15-39-26-3-1-2-21(31-26)22-7-6-18(33-34-22)11-25-32-27-23(12-24(40-27)28(36)37)35(25)14-19-8-9-38-19/h1-7,10,12,19H,8-9,11,14-15H2,(H,36,37). The van der Waals surface area contributed by atoms with Gasteiger partial charge in [0.05, 0.1) is 47.6 Å². The van der Waals surface area contributed by atoms with E-state index in [4.69, 9.17) is 19.7 Å². The van der Waals surface area contributed by atoms with Gasteiger partial charge < -0.3 is 19.1 Å². The summed E-state index contributed by atoms with van der Waals surface area (Å²) in [7, 11) is 0. The van der Waals surface area contributed by atoms with E-state index in [1.165, 1.54) is 18.2 Å². The topological polar surface area (TPSA) is 136 Å². The molecule has 1 unspecified atom stereocenters. The molecule has 6 rings (SSSR count). The van der Waals surface area contributed by atoms with Gasteiger partial charge in [-0.05, 0) is 42.8 Å². The lowest BCUT2D eigenvalue weighted by molar-refractivity contribution is -0.0589. The van der Waals surface area contributed by atoms with Crippen LogP contribution in [-0.2, 0) is 24.3 Å². The summed E-state index contributed by atoms with van der Waals surface area (Å²) >= 11 is 1.15. The van der Waals surface area contributed by atoms with Crippen molar-refractivity contribution in [2.75, 3.05) is 6.61 Å². The minimum atomic E-state index is -0.970. The van der Waals surface area contributed by atoms with E-state index < -0.39 is 11.8 Å². The van der Waals surface area contributed by atoms with Crippen molar-refractivity contribution in [3.63, 3.8) is 0 Å². The Morgan fingerprint density at radius 2 is 2.05 bits per heavy atom. The minimum absolute atomic E-state index is 0.0391. The number of carbonyl (C=O) groups is 1. The summed E-state index contributed by atoms with van der Waals surface area (Å²) in [6.07, 6.45) is 1.44. The van der Waals surface area contributed by atoms with Crippen molar-refractivity contribution >= 4 is 27.7 Å². The van der Waals surface area contributed by atoms with Gasteiger partial charge in [-0.15, -0.1) is 16.4 Å². The van der Waals surface area contributed by atoms with Crippen molar-refractivity contribution in [1.82, 2.24) is 24.7 Å². The lowest BCUT2D eigenvalue weighted by atomic mass is 10.1. The van der Waals surface area contributed by atoms with E-state index in [0.717, 1.165) is 35.7 Å². The van der Waals surface area contributed by atoms with Crippen molar-refractivity contribution in [3.05, 3.63) is 87.9 Å². The Morgan fingerprint density at radius 1 is 1.18 bits per heavy atom. The highest BCUT2D eigenvalue weighted by molar-refractivity contribution is 7.20. The molecule has 1 aliphatic rings. The number of benzene rings is 1. The number of ether oxygens (including phenoxy) is 2. The average molecular weight is 557 g/mol. The number of imidazole rings is 1. The van der Waals surface area contributed by atoms with Crippen LogP contribution >= 0.6 is 11.3 Å². The van der Waals surface area contributed by atoms with Gasteiger partial charge in [-0.2, -0.15) is 10.4 Å². The van der Waals surface area contributed by atoms with Gasteiger partial charge in [-0.25, -0.2) is 19.2 Å². The molecule has 1 atom stereocenters. The molecule has 12 heteroatoms. The molecule has 0 saturated carbocycles. The Hall–Kier alpha value is -4.73. The molecule has 0 aliphatic carbocycles. The molecule has 0 bridgehead atoms. The number of thiophene rings is 1. The first-order valence-corrected chi connectivity index (χ1v) is 13.2. The molecule has 40 heavy (non-hydrogen) atoms. The molecular weight excluding hydrogens is 535 g/mol. The molecule has 10 nitrogen and oxygen atoms in total. The van der Waals surface area contributed by atoms with E-state index in [1.807, 2.05) is 22.8 Å². The van der Waals surface area contributed by atoms with Gasteiger partial charge >= 0.3 is 5.97 Å². The number of aromatic nitrogens is 5. The lowest BCUT2D eigenvalue weighted by Gasteiger charge is -2.27. The van der Waals surface area contributed by atoms with E-state index >= 15 is 0 Å². The molecule has 200 valence electrons. The summed E-state index contributed by atoms with van der Waals surface area (Å²) in [5, 5.41) is 27.0. The lowest BCUT2D eigenvalue weighted by Crippen LogP contribution is -2.31. The van der Waals surface area contributed by atoms with Crippen molar-refractivity contribution in [2.45, 2.75) is 32.1 Å². The van der Waals surface area contributed by atoms with Crippen LogP contribution in [0.25, 0.3) is 21.7 Å². The third-order valence-electron chi connectivity index (χ3n) is 6.52. The minimum Gasteiger partial charge on any atom is -0.477 e. The molecule has 0 spiro atoms. The van der Waals surface area contributed by atoms with Crippen LogP contribution in [0.5, 0.6) is 5.88 Å². The largest absolute Gasteiger partial charge is 0.477 e. The summed E-state index contributed by atoms with van der Waals surface area (Å²) in [5.74, 6) is -0.422. The SMILES string of the molecule is N#Cc1ccc(COc2cccc(-c3ccc(Cc4nc5sc(C(=O)O)cc5n4CC4CCO4)nn3)n2)c(F)c1. The van der Waals surface area contributed by atoms with Crippen molar-refractivity contribution in [2.24, 2.45) is 0 Å². The number of halogens is 1. The normalized spacial score (nSPS) is 14.6. The van der Waals surface area contributed by atoms with Crippen LogP contribution in [0.3, 0.4) is 0 Å². The van der Waals surface area contributed by atoms with Gasteiger partial charge in [0, 0.05) is 18.2 Å². The Bertz CT molecular complexity index is 1760. The molecule has 1 aliphatic heterocycles.